The average Bonchev–Trinajstić information content (AvgIpc) is 2.96. The first-order valence-electron chi connectivity index (χ1n) is 12.7. The van der Waals surface area contributed by atoms with E-state index in [-0.39, 0.29) is 5.91 Å². The maximum Gasteiger partial charge on any atom is 0.251 e. The highest BCUT2D eigenvalue weighted by Crippen LogP contribution is 2.28. The quantitative estimate of drug-likeness (QED) is 0.375. The summed E-state index contributed by atoms with van der Waals surface area (Å²) in [6, 6.07) is 19.0. The normalized spacial score (nSPS) is 13.7. The van der Waals surface area contributed by atoms with Crippen LogP contribution in [0.1, 0.15) is 22.3 Å². The van der Waals surface area contributed by atoms with Crippen LogP contribution in [0.4, 0.5) is 0 Å². The number of benzene rings is 2. The number of pyridine rings is 1. The Morgan fingerprint density at radius 3 is 2.62 bits per heavy atom. The second kappa shape index (κ2) is 13.6. The van der Waals surface area contributed by atoms with E-state index in [1.807, 2.05) is 60.7 Å². The van der Waals surface area contributed by atoms with Gasteiger partial charge < -0.3 is 24.3 Å². The molecule has 0 spiro atoms. The van der Waals surface area contributed by atoms with Crippen molar-refractivity contribution in [1.29, 1.82) is 0 Å². The van der Waals surface area contributed by atoms with Crippen LogP contribution in [0.25, 0.3) is 11.3 Å². The predicted octanol–water partition coefficient (Wildman–Crippen LogP) is 3.84. The number of carbonyl (C=O) groups excluding carboxylic acids is 1. The third-order valence-corrected chi connectivity index (χ3v) is 6.27. The molecule has 3 aromatic rings. The second-order valence-electron chi connectivity index (χ2n) is 8.79. The van der Waals surface area contributed by atoms with Gasteiger partial charge in [-0.05, 0) is 48.9 Å². The van der Waals surface area contributed by atoms with E-state index >= 15 is 0 Å². The molecule has 0 radical (unpaired) electrons. The fourth-order valence-electron chi connectivity index (χ4n) is 4.22. The standard InChI is InChI=1S/C29H35N3O5/c1-34-26-11-10-22(20-27(26)35-2)12-17-37-28-9-4-8-25(31-28)23-6-3-7-24(21-23)29(33)30-13-5-14-32-15-18-36-19-16-32/h3-4,6-11,20-21H,5,12-19H2,1-2H3,(H,30,33). The molecule has 0 atom stereocenters. The van der Waals surface area contributed by atoms with E-state index in [2.05, 4.69) is 15.2 Å². The maximum absolute atomic E-state index is 12.7. The fourth-order valence-corrected chi connectivity index (χ4v) is 4.22. The molecule has 1 N–H and O–H groups in total. The summed E-state index contributed by atoms with van der Waals surface area (Å²) < 4.78 is 22.0. The number of rotatable bonds is 12. The number of methoxy groups -OCH3 is 2. The lowest BCUT2D eigenvalue weighted by Gasteiger charge is -2.26. The molecule has 4 rings (SSSR count). The van der Waals surface area contributed by atoms with Gasteiger partial charge in [0, 0.05) is 43.2 Å². The number of nitrogens with one attached hydrogen (secondary N) is 1. The molecule has 2 aromatic carbocycles. The minimum Gasteiger partial charge on any atom is -0.493 e. The summed E-state index contributed by atoms with van der Waals surface area (Å²) in [6.07, 6.45) is 1.61. The molecular formula is C29H35N3O5. The average molecular weight is 506 g/mol. The van der Waals surface area contributed by atoms with Gasteiger partial charge in [0.2, 0.25) is 5.88 Å². The number of morpholine rings is 1. The molecule has 2 heterocycles. The lowest BCUT2D eigenvalue weighted by molar-refractivity contribution is 0.0374. The van der Waals surface area contributed by atoms with Crippen LogP contribution in [-0.2, 0) is 11.2 Å². The Kier molecular flexibility index (Phi) is 9.74. The SMILES string of the molecule is COc1ccc(CCOc2cccc(-c3cccc(C(=O)NCCCN4CCOCC4)c3)n2)cc1OC. The molecule has 196 valence electrons. The van der Waals surface area contributed by atoms with Crippen molar-refractivity contribution in [2.24, 2.45) is 0 Å². The number of aromatic nitrogens is 1. The summed E-state index contributed by atoms with van der Waals surface area (Å²) in [7, 11) is 3.24. The minimum absolute atomic E-state index is 0.0776. The van der Waals surface area contributed by atoms with E-state index in [0.717, 1.165) is 56.1 Å². The zero-order valence-corrected chi connectivity index (χ0v) is 21.6. The smallest absolute Gasteiger partial charge is 0.251 e. The lowest BCUT2D eigenvalue weighted by Crippen LogP contribution is -2.38. The molecule has 37 heavy (non-hydrogen) atoms. The van der Waals surface area contributed by atoms with Crippen molar-refractivity contribution in [1.82, 2.24) is 15.2 Å². The van der Waals surface area contributed by atoms with Crippen LogP contribution in [-0.4, -0.2) is 76.0 Å². The summed E-state index contributed by atoms with van der Waals surface area (Å²) in [4.78, 5) is 19.7. The van der Waals surface area contributed by atoms with Gasteiger partial charge in [0.1, 0.15) is 0 Å². The van der Waals surface area contributed by atoms with E-state index in [9.17, 15) is 4.79 Å². The second-order valence-corrected chi connectivity index (χ2v) is 8.79. The van der Waals surface area contributed by atoms with Crippen molar-refractivity contribution in [3.8, 4) is 28.6 Å². The topological polar surface area (TPSA) is 82.2 Å². The van der Waals surface area contributed by atoms with Crippen LogP contribution >= 0.6 is 0 Å². The Labute approximate surface area is 218 Å². The monoisotopic (exact) mass is 505 g/mol. The van der Waals surface area contributed by atoms with Crippen molar-refractivity contribution in [2.75, 3.05) is 60.2 Å². The van der Waals surface area contributed by atoms with Crippen LogP contribution in [0.15, 0.2) is 60.7 Å². The summed E-state index contributed by atoms with van der Waals surface area (Å²) >= 11 is 0. The highest BCUT2D eigenvalue weighted by Gasteiger charge is 2.11. The van der Waals surface area contributed by atoms with Gasteiger partial charge in [0.15, 0.2) is 11.5 Å². The predicted molar refractivity (Wildman–Crippen MR) is 143 cm³/mol. The van der Waals surface area contributed by atoms with Gasteiger partial charge in [-0.15, -0.1) is 0 Å². The first-order chi connectivity index (χ1) is 18.2. The van der Waals surface area contributed by atoms with E-state index in [4.69, 9.17) is 18.9 Å². The van der Waals surface area contributed by atoms with Crippen molar-refractivity contribution in [3.05, 3.63) is 71.8 Å². The number of hydrogen-bond donors (Lipinski definition) is 1. The molecule has 0 bridgehead atoms. The molecular weight excluding hydrogens is 470 g/mol. The lowest BCUT2D eigenvalue weighted by atomic mass is 10.1. The summed E-state index contributed by atoms with van der Waals surface area (Å²) in [6.45, 7) is 5.58. The van der Waals surface area contributed by atoms with Gasteiger partial charge >= 0.3 is 0 Å². The van der Waals surface area contributed by atoms with E-state index in [1.165, 1.54) is 0 Å². The molecule has 0 saturated carbocycles. The molecule has 1 aliphatic rings. The summed E-state index contributed by atoms with van der Waals surface area (Å²) in [5.41, 5.74) is 3.32. The van der Waals surface area contributed by atoms with Crippen LogP contribution in [0.2, 0.25) is 0 Å². The molecule has 1 saturated heterocycles. The van der Waals surface area contributed by atoms with E-state index in [1.54, 1.807) is 14.2 Å². The minimum atomic E-state index is -0.0776. The van der Waals surface area contributed by atoms with Crippen LogP contribution < -0.4 is 19.5 Å². The first-order valence-corrected chi connectivity index (χ1v) is 12.7. The third kappa shape index (κ3) is 7.68. The molecule has 0 unspecified atom stereocenters. The highest BCUT2D eigenvalue weighted by atomic mass is 16.5. The Morgan fingerprint density at radius 1 is 1.00 bits per heavy atom. The van der Waals surface area contributed by atoms with E-state index < -0.39 is 0 Å². The van der Waals surface area contributed by atoms with Gasteiger partial charge in [0.05, 0.1) is 39.7 Å². The number of carbonyl (C=O) groups is 1. The largest absolute Gasteiger partial charge is 0.493 e. The van der Waals surface area contributed by atoms with E-state index in [0.29, 0.717) is 42.5 Å². The Bertz CT molecular complexity index is 1160. The number of hydrogen-bond acceptors (Lipinski definition) is 7. The number of nitrogens with zero attached hydrogens (tertiary/aromatic N) is 2. The zero-order valence-electron chi connectivity index (χ0n) is 21.6. The first kappa shape index (κ1) is 26.4. The fraction of sp³-hybridized carbons (Fsp3) is 0.379. The summed E-state index contributed by atoms with van der Waals surface area (Å²) in [5.74, 6) is 1.86. The molecule has 1 aliphatic heterocycles. The van der Waals surface area contributed by atoms with Gasteiger partial charge in [-0.1, -0.05) is 24.3 Å². The number of ether oxygens (including phenoxy) is 4. The molecule has 1 amide bonds. The van der Waals surface area contributed by atoms with Gasteiger partial charge in [0.25, 0.3) is 5.91 Å². The Morgan fingerprint density at radius 2 is 1.81 bits per heavy atom. The van der Waals surface area contributed by atoms with Crippen molar-refractivity contribution in [3.63, 3.8) is 0 Å². The van der Waals surface area contributed by atoms with Gasteiger partial charge in [-0.25, -0.2) is 4.98 Å². The maximum atomic E-state index is 12.7. The molecule has 8 heteroatoms. The molecule has 1 aromatic heterocycles. The molecule has 8 nitrogen and oxygen atoms in total. The van der Waals surface area contributed by atoms with Crippen LogP contribution in [0.3, 0.4) is 0 Å². The highest BCUT2D eigenvalue weighted by molar-refractivity contribution is 5.95. The zero-order chi connectivity index (χ0) is 25.9. The Balaban J connectivity index is 1.29. The number of amides is 1. The third-order valence-electron chi connectivity index (χ3n) is 6.27. The Hall–Kier alpha value is -3.62. The van der Waals surface area contributed by atoms with Gasteiger partial charge in [-0.3, -0.25) is 9.69 Å². The van der Waals surface area contributed by atoms with Crippen LogP contribution in [0, 0.1) is 0 Å². The molecule has 0 aliphatic carbocycles. The van der Waals surface area contributed by atoms with Crippen molar-refractivity contribution in [2.45, 2.75) is 12.8 Å². The molecule has 1 fully saturated rings. The van der Waals surface area contributed by atoms with Crippen molar-refractivity contribution >= 4 is 5.91 Å². The summed E-state index contributed by atoms with van der Waals surface area (Å²) in [5, 5.41) is 3.03. The van der Waals surface area contributed by atoms with Crippen molar-refractivity contribution < 1.29 is 23.7 Å². The van der Waals surface area contributed by atoms with Crippen LogP contribution in [0.5, 0.6) is 17.4 Å². The van der Waals surface area contributed by atoms with Gasteiger partial charge in [-0.2, -0.15) is 0 Å².